The minimum atomic E-state index is 0.577. The highest BCUT2D eigenvalue weighted by atomic mass is 32.2. The molecule has 2 atom stereocenters. The van der Waals surface area contributed by atoms with Gasteiger partial charge in [0, 0.05) is 37.2 Å². The lowest BCUT2D eigenvalue weighted by atomic mass is 9.76. The number of nitrogens with one attached hydrogen (secondary N) is 1. The molecule has 0 aromatic carbocycles. The Morgan fingerprint density at radius 2 is 2.28 bits per heavy atom. The summed E-state index contributed by atoms with van der Waals surface area (Å²) in [7, 11) is 0. The molecule has 0 aliphatic carbocycles. The zero-order valence-electron chi connectivity index (χ0n) is 12.2. The van der Waals surface area contributed by atoms with Crippen molar-refractivity contribution in [3.8, 4) is 0 Å². The second-order valence-corrected chi connectivity index (χ2v) is 7.57. The van der Waals surface area contributed by atoms with Gasteiger partial charge in [0.1, 0.15) is 0 Å². The molecule has 3 heteroatoms. The van der Waals surface area contributed by atoms with E-state index < -0.39 is 0 Å². The average Bonchev–Trinajstić information content (AvgIpc) is 2.40. The van der Waals surface area contributed by atoms with Crippen molar-refractivity contribution in [3.63, 3.8) is 0 Å². The number of thioether (sulfide) groups is 1. The average molecular weight is 270 g/mol. The van der Waals surface area contributed by atoms with Crippen molar-refractivity contribution in [2.45, 2.75) is 51.2 Å². The van der Waals surface area contributed by atoms with Gasteiger partial charge in [-0.15, -0.1) is 0 Å². The number of piperidine rings is 1. The van der Waals surface area contributed by atoms with E-state index >= 15 is 0 Å². The molecule has 0 spiro atoms. The minimum absolute atomic E-state index is 0.577. The first-order valence-corrected chi connectivity index (χ1v) is 8.87. The number of hydrogen-bond acceptors (Lipinski definition) is 3. The van der Waals surface area contributed by atoms with Crippen LogP contribution in [0.5, 0.6) is 0 Å². The molecule has 2 fully saturated rings. The maximum absolute atomic E-state index is 3.64. The van der Waals surface area contributed by atoms with Gasteiger partial charge in [0.25, 0.3) is 0 Å². The molecule has 18 heavy (non-hydrogen) atoms. The SMILES string of the molecule is CCCC1(CN2CCSC(CC)C2)CCCNC1. The molecule has 2 rings (SSSR count). The summed E-state index contributed by atoms with van der Waals surface area (Å²) in [5.41, 5.74) is 0.577. The molecule has 0 aromatic heterocycles. The predicted molar refractivity (Wildman–Crippen MR) is 82.4 cm³/mol. The number of hydrogen-bond donors (Lipinski definition) is 1. The first-order valence-electron chi connectivity index (χ1n) is 7.83. The highest BCUT2D eigenvalue weighted by Crippen LogP contribution is 2.34. The maximum Gasteiger partial charge on any atom is 0.0172 e. The summed E-state index contributed by atoms with van der Waals surface area (Å²) in [6, 6.07) is 0. The molecule has 2 heterocycles. The minimum Gasteiger partial charge on any atom is -0.316 e. The van der Waals surface area contributed by atoms with Gasteiger partial charge in [0.2, 0.25) is 0 Å². The van der Waals surface area contributed by atoms with E-state index in [-0.39, 0.29) is 0 Å². The summed E-state index contributed by atoms with van der Waals surface area (Å²) < 4.78 is 0. The van der Waals surface area contributed by atoms with Gasteiger partial charge in [0.05, 0.1) is 0 Å². The van der Waals surface area contributed by atoms with Crippen LogP contribution in [-0.2, 0) is 0 Å². The van der Waals surface area contributed by atoms with Crippen LogP contribution in [-0.4, -0.2) is 48.6 Å². The number of nitrogens with zero attached hydrogens (tertiary/aromatic N) is 1. The van der Waals surface area contributed by atoms with E-state index in [0.717, 1.165) is 5.25 Å². The molecule has 1 N–H and O–H groups in total. The second kappa shape index (κ2) is 7.16. The smallest absolute Gasteiger partial charge is 0.0172 e. The van der Waals surface area contributed by atoms with E-state index in [1.807, 2.05) is 0 Å². The second-order valence-electron chi connectivity index (χ2n) is 6.17. The predicted octanol–water partition coefficient (Wildman–Crippen LogP) is 2.98. The van der Waals surface area contributed by atoms with Gasteiger partial charge >= 0.3 is 0 Å². The highest BCUT2D eigenvalue weighted by molar-refractivity contribution is 8.00. The van der Waals surface area contributed by atoms with E-state index in [1.165, 1.54) is 70.6 Å². The first-order chi connectivity index (χ1) is 8.78. The Bertz CT molecular complexity index is 233. The van der Waals surface area contributed by atoms with Gasteiger partial charge in [0.15, 0.2) is 0 Å². The molecule has 0 amide bonds. The van der Waals surface area contributed by atoms with Crippen molar-refractivity contribution in [1.82, 2.24) is 10.2 Å². The monoisotopic (exact) mass is 270 g/mol. The van der Waals surface area contributed by atoms with Crippen LogP contribution in [0.3, 0.4) is 0 Å². The summed E-state index contributed by atoms with van der Waals surface area (Å²) >= 11 is 2.18. The third-order valence-corrected chi connectivity index (χ3v) is 5.95. The standard InChI is InChI=1S/C15H30N2S/c1-3-6-15(7-5-8-16-12-15)13-17-9-10-18-14(4-2)11-17/h14,16H,3-13H2,1-2H3. The fourth-order valence-electron chi connectivity index (χ4n) is 3.63. The van der Waals surface area contributed by atoms with Gasteiger partial charge in [-0.1, -0.05) is 20.3 Å². The van der Waals surface area contributed by atoms with Crippen LogP contribution in [0.25, 0.3) is 0 Å². The van der Waals surface area contributed by atoms with E-state index in [9.17, 15) is 0 Å². The largest absolute Gasteiger partial charge is 0.316 e. The lowest BCUT2D eigenvalue weighted by molar-refractivity contribution is 0.108. The van der Waals surface area contributed by atoms with Crippen molar-refractivity contribution in [1.29, 1.82) is 0 Å². The van der Waals surface area contributed by atoms with Gasteiger partial charge in [-0.05, 0) is 37.6 Å². The fourth-order valence-corrected chi connectivity index (χ4v) is 4.88. The summed E-state index contributed by atoms with van der Waals surface area (Å²) in [5, 5.41) is 4.53. The van der Waals surface area contributed by atoms with E-state index in [2.05, 4.69) is 35.8 Å². The summed E-state index contributed by atoms with van der Waals surface area (Å²) in [4.78, 5) is 2.76. The van der Waals surface area contributed by atoms with Crippen LogP contribution in [0.2, 0.25) is 0 Å². The summed E-state index contributed by atoms with van der Waals surface area (Å²) in [6.07, 6.45) is 6.89. The van der Waals surface area contributed by atoms with Crippen molar-refractivity contribution in [2.24, 2.45) is 5.41 Å². The van der Waals surface area contributed by atoms with Crippen LogP contribution in [0.4, 0.5) is 0 Å². The van der Waals surface area contributed by atoms with Crippen molar-refractivity contribution >= 4 is 11.8 Å². The van der Waals surface area contributed by atoms with Crippen molar-refractivity contribution in [3.05, 3.63) is 0 Å². The van der Waals surface area contributed by atoms with Gasteiger partial charge in [-0.3, -0.25) is 0 Å². The quantitative estimate of drug-likeness (QED) is 0.827. The Balaban J connectivity index is 1.91. The highest BCUT2D eigenvalue weighted by Gasteiger charge is 2.34. The number of rotatable bonds is 5. The van der Waals surface area contributed by atoms with Crippen molar-refractivity contribution in [2.75, 3.05) is 38.5 Å². The molecule has 0 radical (unpaired) electrons. The van der Waals surface area contributed by atoms with Crippen LogP contribution in [0, 0.1) is 5.41 Å². The molecule has 2 aliphatic rings. The van der Waals surface area contributed by atoms with Gasteiger partial charge < -0.3 is 10.2 Å². The molecule has 0 saturated carbocycles. The lowest BCUT2D eigenvalue weighted by Crippen LogP contribution is -2.50. The van der Waals surface area contributed by atoms with Crippen LogP contribution >= 0.6 is 11.8 Å². The molecule has 106 valence electrons. The van der Waals surface area contributed by atoms with Gasteiger partial charge in [-0.25, -0.2) is 0 Å². The molecule has 0 bridgehead atoms. The van der Waals surface area contributed by atoms with Crippen LogP contribution < -0.4 is 5.32 Å². The van der Waals surface area contributed by atoms with Crippen molar-refractivity contribution < 1.29 is 0 Å². The zero-order valence-corrected chi connectivity index (χ0v) is 13.0. The first kappa shape index (κ1) is 14.7. The topological polar surface area (TPSA) is 15.3 Å². The zero-order chi connectivity index (χ0) is 12.8. The molecule has 0 aromatic rings. The maximum atomic E-state index is 3.64. The Labute approximate surface area is 117 Å². The fraction of sp³-hybridized carbons (Fsp3) is 1.00. The Morgan fingerprint density at radius 3 is 2.94 bits per heavy atom. The van der Waals surface area contributed by atoms with Gasteiger partial charge in [-0.2, -0.15) is 11.8 Å². The molecule has 2 saturated heterocycles. The summed E-state index contributed by atoms with van der Waals surface area (Å²) in [5.74, 6) is 1.34. The lowest BCUT2D eigenvalue weighted by Gasteiger charge is -2.43. The van der Waals surface area contributed by atoms with E-state index in [1.54, 1.807) is 0 Å². The molecule has 2 aliphatic heterocycles. The van der Waals surface area contributed by atoms with E-state index in [4.69, 9.17) is 0 Å². The Hall–Kier alpha value is 0.270. The molecule has 2 nitrogen and oxygen atoms in total. The van der Waals surface area contributed by atoms with Crippen LogP contribution in [0.15, 0.2) is 0 Å². The molecule has 2 unspecified atom stereocenters. The third-order valence-electron chi connectivity index (χ3n) is 4.58. The van der Waals surface area contributed by atoms with Crippen LogP contribution in [0.1, 0.15) is 46.0 Å². The Morgan fingerprint density at radius 1 is 1.39 bits per heavy atom. The molecular weight excluding hydrogens is 240 g/mol. The molecular formula is C15H30N2S. The Kier molecular flexibility index (Phi) is 5.84. The van der Waals surface area contributed by atoms with E-state index in [0.29, 0.717) is 5.41 Å². The third kappa shape index (κ3) is 3.88. The normalized spacial score (nSPS) is 34.7. The summed E-state index contributed by atoms with van der Waals surface area (Å²) in [6.45, 7) is 11.1.